The molecule has 0 spiro atoms. The van der Waals surface area contributed by atoms with Crippen molar-refractivity contribution in [3.05, 3.63) is 261 Å². The fraction of sp³-hybridized carbons (Fsp3) is 0. The maximum absolute atomic E-state index is 6.41. The molecule has 0 amide bonds. The van der Waals surface area contributed by atoms with Gasteiger partial charge in [-0.15, -0.1) is 0 Å². The average molecular weight is 822 g/mol. The van der Waals surface area contributed by atoms with Gasteiger partial charge in [0, 0.05) is 27.8 Å². The summed E-state index contributed by atoms with van der Waals surface area (Å²) in [7, 11) is -2.61. The van der Waals surface area contributed by atoms with Gasteiger partial charge >= 0.3 is 0 Å². The minimum absolute atomic E-state index is 0.871. The third-order valence-corrected chi connectivity index (χ3v) is 17.2. The van der Waals surface area contributed by atoms with Crippen molar-refractivity contribution in [2.45, 2.75) is 0 Å². The summed E-state index contributed by atoms with van der Waals surface area (Å²) in [5, 5.41) is 7.66. The first-order valence-electron chi connectivity index (χ1n) is 21.6. The van der Waals surface area contributed by atoms with Crippen molar-refractivity contribution in [3.63, 3.8) is 0 Å². The molecule has 11 rings (SSSR count). The number of fused-ring (bicyclic) bond motifs is 3. The Morgan fingerprint density at radius 2 is 0.571 bits per heavy atom. The summed E-state index contributed by atoms with van der Waals surface area (Å²) in [6, 6.07) is 94.7. The van der Waals surface area contributed by atoms with Crippen LogP contribution in [0, 0.1) is 0 Å². The number of nitrogens with zero attached hydrogens (tertiary/aromatic N) is 1. The predicted molar refractivity (Wildman–Crippen MR) is 268 cm³/mol. The van der Waals surface area contributed by atoms with E-state index in [9.17, 15) is 0 Å². The van der Waals surface area contributed by atoms with Crippen LogP contribution in [0.1, 0.15) is 0 Å². The molecule has 0 saturated heterocycles. The van der Waals surface area contributed by atoms with Crippen LogP contribution in [0.3, 0.4) is 0 Å². The Morgan fingerprint density at radius 3 is 1.03 bits per heavy atom. The summed E-state index contributed by atoms with van der Waals surface area (Å²) in [5.74, 6) is 0. The van der Waals surface area contributed by atoms with E-state index in [-0.39, 0.29) is 0 Å². The lowest BCUT2D eigenvalue weighted by molar-refractivity contribution is 0.669. The molecule has 0 aliphatic carbocycles. The quantitative estimate of drug-likeness (QED) is 0.101. The molecule has 0 atom stereocenters. The first-order chi connectivity index (χ1) is 31.2. The zero-order valence-electron chi connectivity index (χ0n) is 34.7. The van der Waals surface area contributed by atoms with Crippen molar-refractivity contribution in [2.24, 2.45) is 0 Å². The third kappa shape index (κ3) is 7.05. The van der Waals surface area contributed by atoms with Crippen LogP contribution >= 0.6 is 0 Å². The Kier molecular flexibility index (Phi) is 9.93. The SMILES string of the molecule is c1ccc(-c2ccc(N(c3ccc(-c4ccc([Si](c5ccccc5)(c5ccccc5)c5ccccc5)cc4)cc3)c3ccc4oc5ccc(-c6ccccc6)cc5c4c3)cc2)cc1. The number of hydrogen-bond donors (Lipinski definition) is 0. The molecule has 0 aliphatic heterocycles. The summed E-state index contributed by atoms with van der Waals surface area (Å²) in [4.78, 5) is 2.35. The van der Waals surface area contributed by atoms with Crippen LogP contribution in [-0.2, 0) is 0 Å². The van der Waals surface area contributed by atoms with Crippen molar-refractivity contribution < 1.29 is 4.42 Å². The van der Waals surface area contributed by atoms with E-state index in [1.54, 1.807) is 0 Å². The summed E-state index contributed by atoms with van der Waals surface area (Å²) in [6.07, 6.45) is 0. The second-order valence-electron chi connectivity index (χ2n) is 16.1. The van der Waals surface area contributed by atoms with Gasteiger partial charge in [0.05, 0.1) is 0 Å². The van der Waals surface area contributed by atoms with Crippen LogP contribution in [0.2, 0.25) is 0 Å². The van der Waals surface area contributed by atoms with E-state index < -0.39 is 8.07 Å². The lowest BCUT2D eigenvalue weighted by atomic mass is 10.0. The molecule has 0 saturated carbocycles. The van der Waals surface area contributed by atoms with E-state index in [4.69, 9.17) is 4.42 Å². The largest absolute Gasteiger partial charge is 0.456 e. The Labute approximate surface area is 369 Å². The van der Waals surface area contributed by atoms with Crippen LogP contribution in [0.4, 0.5) is 17.1 Å². The van der Waals surface area contributed by atoms with Gasteiger partial charge in [-0.05, 0) is 109 Å². The van der Waals surface area contributed by atoms with E-state index in [1.807, 2.05) is 0 Å². The van der Waals surface area contributed by atoms with Crippen LogP contribution in [0.25, 0.3) is 55.3 Å². The zero-order valence-corrected chi connectivity index (χ0v) is 35.7. The van der Waals surface area contributed by atoms with E-state index in [0.29, 0.717) is 0 Å². The average Bonchev–Trinajstić information content (AvgIpc) is 3.74. The van der Waals surface area contributed by atoms with Crippen molar-refractivity contribution in [2.75, 3.05) is 4.90 Å². The highest BCUT2D eigenvalue weighted by Crippen LogP contribution is 2.40. The smallest absolute Gasteiger partial charge is 0.179 e. The van der Waals surface area contributed by atoms with Gasteiger partial charge in [-0.2, -0.15) is 0 Å². The standard InChI is InChI=1S/C60H43NOSi/c1-6-16-44(17-7-1)46-26-33-50(34-27-46)61(52-37-41-60-58(43-52)57-42-49(32-40-59(57)62-60)45-18-8-2-9-19-45)51-35-28-47(29-36-51)48-30-38-56(39-31-48)63(53-20-10-3-11-21-53,54-22-12-4-13-23-54)55-24-14-5-15-25-55/h1-43H. The molecule has 0 fully saturated rings. The Balaban J connectivity index is 0.991. The minimum Gasteiger partial charge on any atom is -0.456 e. The molecule has 0 bridgehead atoms. The highest BCUT2D eigenvalue weighted by Gasteiger charge is 2.41. The fourth-order valence-electron chi connectivity index (χ4n) is 9.38. The topological polar surface area (TPSA) is 16.4 Å². The molecule has 1 aromatic heterocycles. The van der Waals surface area contributed by atoms with E-state index in [0.717, 1.165) is 39.0 Å². The van der Waals surface area contributed by atoms with Crippen LogP contribution in [0.15, 0.2) is 265 Å². The Bertz CT molecular complexity index is 3180. The van der Waals surface area contributed by atoms with Gasteiger partial charge in [0.25, 0.3) is 0 Å². The highest BCUT2D eigenvalue weighted by molar-refractivity contribution is 7.19. The maximum Gasteiger partial charge on any atom is 0.179 e. The fourth-order valence-corrected chi connectivity index (χ4v) is 14.1. The van der Waals surface area contributed by atoms with Gasteiger partial charge in [-0.25, -0.2) is 0 Å². The van der Waals surface area contributed by atoms with Crippen LogP contribution in [-0.4, -0.2) is 8.07 Å². The highest BCUT2D eigenvalue weighted by atomic mass is 28.3. The van der Waals surface area contributed by atoms with Crippen LogP contribution < -0.4 is 25.6 Å². The monoisotopic (exact) mass is 821 g/mol. The molecule has 0 unspecified atom stereocenters. The second-order valence-corrected chi connectivity index (χ2v) is 19.9. The lowest BCUT2D eigenvalue weighted by Gasteiger charge is -2.34. The number of hydrogen-bond acceptors (Lipinski definition) is 2. The first-order valence-corrected chi connectivity index (χ1v) is 23.6. The molecular formula is C60H43NOSi. The van der Waals surface area contributed by atoms with Gasteiger partial charge in [-0.3, -0.25) is 0 Å². The molecule has 0 N–H and O–H groups in total. The molecule has 1 heterocycles. The van der Waals surface area contributed by atoms with Crippen molar-refractivity contribution >= 4 is 67.8 Å². The van der Waals surface area contributed by atoms with E-state index in [2.05, 4.69) is 266 Å². The lowest BCUT2D eigenvalue weighted by Crippen LogP contribution is -2.74. The number of rotatable bonds is 10. The molecule has 298 valence electrons. The molecule has 3 heteroatoms. The first kappa shape index (κ1) is 38.0. The minimum atomic E-state index is -2.61. The molecule has 0 aliphatic rings. The van der Waals surface area contributed by atoms with Crippen LogP contribution in [0.5, 0.6) is 0 Å². The summed E-state index contributed by atoms with van der Waals surface area (Å²) >= 11 is 0. The molecule has 63 heavy (non-hydrogen) atoms. The van der Waals surface area contributed by atoms with Gasteiger partial charge in [0.2, 0.25) is 0 Å². The number of furan rings is 1. The molecule has 0 radical (unpaired) electrons. The third-order valence-electron chi connectivity index (χ3n) is 12.4. The van der Waals surface area contributed by atoms with Crippen molar-refractivity contribution in [3.8, 4) is 33.4 Å². The molecule has 2 nitrogen and oxygen atoms in total. The molecule has 11 aromatic rings. The van der Waals surface area contributed by atoms with Gasteiger partial charge in [-0.1, -0.05) is 206 Å². The summed E-state index contributed by atoms with van der Waals surface area (Å²) in [6.45, 7) is 0. The van der Waals surface area contributed by atoms with Gasteiger partial charge < -0.3 is 9.32 Å². The predicted octanol–water partition coefficient (Wildman–Crippen LogP) is 13.4. The summed E-state index contributed by atoms with van der Waals surface area (Å²) in [5.41, 5.74) is 12.0. The molecule has 10 aromatic carbocycles. The number of benzene rings is 10. The van der Waals surface area contributed by atoms with Crippen molar-refractivity contribution in [1.29, 1.82) is 0 Å². The van der Waals surface area contributed by atoms with E-state index >= 15 is 0 Å². The second kappa shape index (κ2) is 16.5. The van der Waals surface area contributed by atoms with Crippen molar-refractivity contribution in [1.82, 2.24) is 0 Å². The van der Waals surface area contributed by atoms with E-state index in [1.165, 1.54) is 54.1 Å². The van der Waals surface area contributed by atoms with Gasteiger partial charge in [0.1, 0.15) is 11.2 Å². The Morgan fingerprint density at radius 1 is 0.254 bits per heavy atom. The normalized spacial score (nSPS) is 11.5. The summed E-state index contributed by atoms with van der Waals surface area (Å²) < 4.78 is 6.41. The zero-order chi connectivity index (χ0) is 42.0. The van der Waals surface area contributed by atoms with Gasteiger partial charge in [0.15, 0.2) is 8.07 Å². The number of anilines is 3. The molecular weight excluding hydrogens is 779 g/mol. The maximum atomic E-state index is 6.41. The Hall–Kier alpha value is -7.98.